The highest BCUT2D eigenvalue weighted by atomic mass is 32.2. The number of benzene rings is 2. The second kappa shape index (κ2) is 7.97. The molecule has 1 heterocycles. The maximum absolute atomic E-state index is 12.7. The van der Waals surface area contributed by atoms with Gasteiger partial charge in [0.2, 0.25) is 0 Å². The molecule has 0 radical (unpaired) electrons. The first-order valence-electron chi connectivity index (χ1n) is 8.77. The van der Waals surface area contributed by atoms with Gasteiger partial charge < -0.3 is 15.8 Å². The molecule has 0 spiro atoms. The number of ether oxygens (including phenoxy) is 1. The van der Waals surface area contributed by atoms with Gasteiger partial charge in [0.1, 0.15) is 0 Å². The van der Waals surface area contributed by atoms with Crippen molar-refractivity contribution in [1.29, 1.82) is 0 Å². The fourth-order valence-corrected chi connectivity index (χ4v) is 4.20. The molecular weight excluding hydrogens is 350 g/mol. The summed E-state index contributed by atoms with van der Waals surface area (Å²) in [6.07, 6.45) is 3.55. The van der Waals surface area contributed by atoms with Crippen LogP contribution in [0.4, 0.5) is 17.1 Å². The Morgan fingerprint density at radius 2 is 1.96 bits per heavy atom. The fourth-order valence-electron chi connectivity index (χ4n) is 2.99. The van der Waals surface area contributed by atoms with Gasteiger partial charge in [0.15, 0.2) is 0 Å². The van der Waals surface area contributed by atoms with E-state index < -0.39 is 10.0 Å². The minimum Gasteiger partial charge on any atom is -0.397 e. The standard InChI is InChI=1S/C19H25N3O3S/c1-22(26(23,24)17-8-3-2-4-9-17)15-10-11-19(18(20)13-15)21-14-16-7-5-6-12-25-16/h2-4,8-11,13,16,21H,5-7,12,14,20H2,1H3/t16-/m1/s1. The summed E-state index contributed by atoms with van der Waals surface area (Å²) >= 11 is 0. The lowest BCUT2D eigenvalue weighted by molar-refractivity contribution is 0.0248. The Bertz CT molecular complexity index is 834. The maximum atomic E-state index is 12.7. The van der Waals surface area contributed by atoms with Crippen LogP contribution in [0.2, 0.25) is 0 Å². The summed E-state index contributed by atoms with van der Waals surface area (Å²) in [4.78, 5) is 0.248. The van der Waals surface area contributed by atoms with Crippen LogP contribution in [0.3, 0.4) is 0 Å². The molecule has 0 saturated carbocycles. The van der Waals surface area contributed by atoms with Crippen LogP contribution in [0.5, 0.6) is 0 Å². The summed E-state index contributed by atoms with van der Waals surface area (Å²) in [5.74, 6) is 0. The predicted octanol–water partition coefficient (Wildman–Crippen LogP) is 3.07. The van der Waals surface area contributed by atoms with E-state index in [1.54, 1.807) is 42.5 Å². The lowest BCUT2D eigenvalue weighted by Crippen LogP contribution is -2.28. The van der Waals surface area contributed by atoms with Crippen molar-refractivity contribution in [1.82, 2.24) is 0 Å². The van der Waals surface area contributed by atoms with Crippen LogP contribution in [0.1, 0.15) is 19.3 Å². The van der Waals surface area contributed by atoms with Gasteiger partial charge >= 0.3 is 0 Å². The molecule has 1 aliphatic rings. The number of hydrogen-bond acceptors (Lipinski definition) is 5. The van der Waals surface area contributed by atoms with Crippen molar-refractivity contribution in [3.8, 4) is 0 Å². The highest BCUT2D eigenvalue weighted by molar-refractivity contribution is 7.92. The van der Waals surface area contributed by atoms with E-state index in [1.165, 1.54) is 17.8 Å². The highest BCUT2D eigenvalue weighted by Crippen LogP contribution is 2.28. The second-order valence-electron chi connectivity index (χ2n) is 6.43. The van der Waals surface area contributed by atoms with Gasteiger partial charge in [-0.05, 0) is 49.6 Å². The minimum atomic E-state index is -3.61. The molecule has 2 aromatic carbocycles. The molecule has 1 saturated heterocycles. The van der Waals surface area contributed by atoms with E-state index in [0.717, 1.165) is 25.1 Å². The number of rotatable bonds is 6. The summed E-state index contributed by atoms with van der Waals surface area (Å²) in [6, 6.07) is 13.6. The first-order chi connectivity index (χ1) is 12.5. The van der Waals surface area contributed by atoms with E-state index in [2.05, 4.69) is 5.32 Å². The van der Waals surface area contributed by atoms with Gasteiger partial charge in [-0.25, -0.2) is 8.42 Å². The van der Waals surface area contributed by atoms with E-state index in [9.17, 15) is 8.42 Å². The number of nitrogens with zero attached hydrogens (tertiary/aromatic N) is 1. The number of anilines is 3. The summed E-state index contributed by atoms with van der Waals surface area (Å²) in [5.41, 5.74) is 7.94. The Balaban J connectivity index is 1.72. The Hall–Kier alpha value is -2.25. The van der Waals surface area contributed by atoms with E-state index >= 15 is 0 Å². The molecule has 1 fully saturated rings. The van der Waals surface area contributed by atoms with Crippen molar-refractivity contribution in [2.75, 3.05) is 35.6 Å². The third kappa shape index (κ3) is 4.11. The molecule has 1 aliphatic heterocycles. The van der Waals surface area contributed by atoms with Crippen molar-refractivity contribution >= 4 is 27.1 Å². The fraction of sp³-hybridized carbons (Fsp3) is 0.368. The van der Waals surface area contributed by atoms with Crippen LogP contribution in [-0.4, -0.2) is 34.7 Å². The zero-order valence-corrected chi connectivity index (χ0v) is 15.7. The van der Waals surface area contributed by atoms with Crippen LogP contribution in [0.15, 0.2) is 53.4 Å². The smallest absolute Gasteiger partial charge is 0.264 e. The second-order valence-corrected chi connectivity index (χ2v) is 8.40. The number of nitrogens with one attached hydrogen (secondary N) is 1. The first-order valence-corrected chi connectivity index (χ1v) is 10.2. The number of nitrogen functional groups attached to an aromatic ring is 1. The van der Waals surface area contributed by atoms with Crippen molar-refractivity contribution < 1.29 is 13.2 Å². The number of hydrogen-bond donors (Lipinski definition) is 2. The topological polar surface area (TPSA) is 84.7 Å². The molecule has 3 rings (SSSR count). The predicted molar refractivity (Wildman–Crippen MR) is 105 cm³/mol. The molecule has 3 N–H and O–H groups in total. The molecule has 0 unspecified atom stereocenters. The van der Waals surface area contributed by atoms with Gasteiger partial charge in [-0.1, -0.05) is 18.2 Å². The monoisotopic (exact) mass is 375 g/mol. The van der Waals surface area contributed by atoms with E-state index in [4.69, 9.17) is 10.5 Å². The maximum Gasteiger partial charge on any atom is 0.264 e. The summed E-state index contributed by atoms with van der Waals surface area (Å²) in [6.45, 7) is 1.50. The van der Waals surface area contributed by atoms with Gasteiger partial charge in [0.05, 0.1) is 28.1 Å². The van der Waals surface area contributed by atoms with Crippen molar-refractivity contribution in [3.05, 3.63) is 48.5 Å². The number of nitrogens with two attached hydrogens (primary N) is 1. The summed E-state index contributed by atoms with van der Waals surface area (Å²) < 4.78 is 32.4. The average Bonchev–Trinajstić information content (AvgIpc) is 2.68. The van der Waals surface area contributed by atoms with Crippen molar-refractivity contribution in [2.45, 2.75) is 30.3 Å². The van der Waals surface area contributed by atoms with Gasteiger partial charge in [0.25, 0.3) is 10.0 Å². The molecule has 0 aliphatic carbocycles. The van der Waals surface area contributed by atoms with Crippen LogP contribution >= 0.6 is 0 Å². The molecule has 6 nitrogen and oxygen atoms in total. The molecule has 0 bridgehead atoms. The van der Waals surface area contributed by atoms with E-state index in [1.807, 2.05) is 6.07 Å². The van der Waals surface area contributed by atoms with Crippen LogP contribution in [0, 0.1) is 0 Å². The lowest BCUT2D eigenvalue weighted by Gasteiger charge is -2.24. The molecule has 0 amide bonds. The van der Waals surface area contributed by atoms with Gasteiger partial charge in [0, 0.05) is 20.2 Å². The quantitative estimate of drug-likeness (QED) is 0.758. The largest absolute Gasteiger partial charge is 0.397 e. The molecule has 1 atom stereocenters. The van der Waals surface area contributed by atoms with E-state index in [-0.39, 0.29) is 11.0 Å². The normalized spacial score (nSPS) is 17.7. The molecule has 2 aromatic rings. The zero-order chi connectivity index (χ0) is 18.6. The molecule has 0 aromatic heterocycles. The van der Waals surface area contributed by atoms with E-state index in [0.29, 0.717) is 17.9 Å². The number of sulfonamides is 1. The van der Waals surface area contributed by atoms with Crippen molar-refractivity contribution in [2.24, 2.45) is 0 Å². The van der Waals surface area contributed by atoms with Gasteiger partial charge in [-0.15, -0.1) is 0 Å². The molecular formula is C19H25N3O3S. The Kier molecular flexibility index (Phi) is 5.68. The van der Waals surface area contributed by atoms with Crippen molar-refractivity contribution in [3.63, 3.8) is 0 Å². The molecule has 26 heavy (non-hydrogen) atoms. The van der Waals surface area contributed by atoms with Crippen LogP contribution in [0.25, 0.3) is 0 Å². The lowest BCUT2D eigenvalue weighted by atomic mass is 10.1. The van der Waals surface area contributed by atoms with Crippen LogP contribution in [-0.2, 0) is 14.8 Å². The average molecular weight is 375 g/mol. The Morgan fingerprint density at radius 1 is 1.19 bits per heavy atom. The third-order valence-corrected chi connectivity index (χ3v) is 6.39. The zero-order valence-electron chi connectivity index (χ0n) is 14.9. The molecule has 140 valence electrons. The van der Waals surface area contributed by atoms with Gasteiger partial charge in [-0.3, -0.25) is 4.31 Å². The summed E-state index contributed by atoms with van der Waals surface area (Å²) in [7, 11) is -2.09. The molecule has 7 heteroatoms. The summed E-state index contributed by atoms with van der Waals surface area (Å²) in [5, 5.41) is 3.30. The van der Waals surface area contributed by atoms with Crippen LogP contribution < -0.4 is 15.4 Å². The third-order valence-electron chi connectivity index (χ3n) is 4.59. The Labute approximate surface area is 155 Å². The first kappa shape index (κ1) is 18.5. The van der Waals surface area contributed by atoms with Gasteiger partial charge in [-0.2, -0.15) is 0 Å². The Morgan fingerprint density at radius 3 is 2.62 bits per heavy atom. The SMILES string of the molecule is CN(c1ccc(NC[C@H]2CCCCO2)c(N)c1)S(=O)(=O)c1ccccc1. The minimum absolute atomic E-state index is 0.198. The highest BCUT2D eigenvalue weighted by Gasteiger charge is 2.21.